The van der Waals surface area contributed by atoms with Crippen molar-refractivity contribution in [1.29, 1.82) is 0 Å². The van der Waals surface area contributed by atoms with Crippen LogP contribution in [0.5, 0.6) is 11.5 Å². The molecule has 0 spiro atoms. The van der Waals surface area contributed by atoms with Crippen molar-refractivity contribution in [2.45, 2.75) is 25.9 Å². The van der Waals surface area contributed by atoms with Crippen molar-refractivity contribution in [1.82, 2.24) is 0 Å². The first-order valence-corrected chi connectivity index (χ1v) is 12.7. The Kier molecular flexibility index (Phi) is 8.67. The standard InChI is InChI=1S/C20H24O7S.C6H4/c1-3-25-19(20(21)22)14-15-8-10-17(11-9-15)26-13-12-16-6-4-5-7-18(16)27-28(2,23)24;1-2-6-4-3-5(1)6/h4-11,19H,3,12-14H2,1-2H3,(H,21,22);1-4H. The number of carbonyl (C=O) groups is 1. The molecule has 8 heteroatoms. The van der Waals surface area contributed by atoms with Gasteiger partial charge in [0.05, 0.1) is 12.9 Å². The molecule has 0 aliphatic heterocycles. The van der Waals surface area contributed by atoms with Gasteiger partial charge in [-0.1, -0.05) is 54.6 Å². The van der Waals surface area contributed by atoms with Crippen LogP contribution < -0.4 is 8.92 Å². The number of fused-ring (bicyclic) bond motifs is 1. The summed E-state index contributed by atoms with van der Waals surface area (Å²) in [7, 11) is -3.59. The summed E-state index contributed by atoms with van der Waals surface area (Å²) in [5, 5.41) is 9.14. The van der Waals surface area contributed by atoms with E-state index in [9.17, 15) is 13.2 Å². The van der Waals surface area contributed by atoms with Gasteiger partial charge in [0.1, 0.15) is 11.5 Å². The lowest BCUT2D eigenvalue weighted by atomic mass is 9.95. The van der Waals surface area contributed by atoms with Gasteiger partial charge in [0.25, 0.3) is 0 Å². The van der Waals surface area contributed by atoms with Crippen molar-refractivity contribution < 1.29 is 32.0 Å². The van der Waals surface area contributed by atoms with E-state index in [4.69, 9.17) is 18.8 Å². The minimum absolute atomic E-state index is 0.277. The van der Waals surface area contributed by atoms with Crippen LogP contribution in [-0.4, -0.2) is 45.1 Å². The summed E-state index contributed by atoms with van der Waals surface area (Å²) in [5.41, 5.74) is 4.41. The Morgan fingerprint density at radius 3 is 2.06 bits per heavy atom. The molecule has 0 bridgehead atoms. The van der Waals surface area contributed by atoms with Crippen molar-refractivity contribution in [3.8, 4) is 22.6 Å². The topological polar surface area (TPSA) is 99.1 Å². The lowest BCUT2D eigenvalue weighted by Crippen LogP contribution is -2.26. The number of carboxylic acids is 1. The Morgan fingerprint density at radius 2 is 1.56 bits per heavy atom. The fraction of sp³-hybridized carbons (Fsp3) is 0.269. The van der Waals surface area contributed by atoms with Crippen molar-refractivity contribution in [3.05, 3.63) is 83.9 Å². The molecule has 0 radical (unpaired) electrons. The van der Waals surface area contributed by atoms with Gasteiger partial charge in [-0.2, -0.15) is 8.42 Å². The van der Waals surface area contributed by atoms with Crippen molar-refractivity contribution in [2.24, 2.45) is 0 Å². The first-order valence-electron chi connectivity index (χ1n) is 10.9. The minimum atomic E-state index is -3.59. The summed E-state index contributed by atoms with van der Waals surface area (Å²) in [5.74, 6) is -0.0645. The van der Waals surface area contributed by atoms with Gasteiger partial charge in [-0.05, 0) is 47.4 Å². The Balaban J connectivity index is 0.000000457. The second-order valence-corrected chi connectivity index (χ2v) is 9.28. The summed E-state index contributed by atoms with van der Waals surface area (Å²) in [6, 6.07) is 22.5. The number of hydrogen-bond acceptors (Lipinski definition) is 6. The fourth-order valence-electron chi connectivity index (χ4n) is 3.25. The van der Waals surface area contributed by atoms with Gasteiger partial charge in [-0.25, -0.2) is 4.79 Å². The summed E-state index contributed by atoms with van der Waals surface area (Å²) in [6.45, 7) is 2.43. The second-order valence-electron chi connectivity index (χ2n) is 7.70. The molecule has 34 heavy (non-hydrogen) atoms. The van der Waals surface area contributed by atoms with Crippen LogP contribution in [0, 0.1) is 0 Å². The molecule has 180 valence electrons. The highest BCUT2D eigenvalue weighted by Crippen LogP contribution is 2.29. The van der Waals surface area contributed by atoms with E-state index < -0.39 is 22.2 Å². The van der Waals surface area contributed by atoms with Gasteiger partial charge in [0, 0.05) is 19.4 Å². The third-order valence-corrected chi connectivity index (χ3v) is 5.54. The van der Waals surface area contributed by atoms with Crippen molar-refractivity contribution in [3.63, 3.8) is 0 Å². The van der Waals surface area contributed by atoms with E-state index in [1.165, 1.54) is 11.1 Å². The number of rotatable bonds is 11. The van der Waals surface area contributed by atoms with Crippen LogP contribution in [0.15, 0.2) is 72.8 Å². The van der Waals surface area contributed by atoms with Gasteiger partial charge in [0.15, 0.2) is 6.10 Å². The maximum Gasteiger partial charge on any atom is 0.333 e. The lowest BCUT2D eigenvalue weighted by Gasteiger charge is -2.13. The number of para-hydroxylation sites is 1. The van der Waals surface area contributed by atoms with E-state index in [-0.39, 0.29) is 6.42 Å². The van der Waals surface area contributed by atoms with Gasteiger partial charge in [-0.3, -0.25) is 0 Å². The second kappa shape index (κ2) is 11.7. The molecule has 1 N–H and O–H groups in total. The van der Waals surface area contributed by atoms with Crippen LogP contribution in [0.1, 0.15) is 18.1 Å². The Hall–Kier alpha value is -3.36. The van der Waals surface area contributed by atoms with Gasteiger partial charge in [0.2, 0.25) is 0 Å². The predicted octanol–water partition coefficient (Wildman–Crippen LogP) is 4.35. The quantitative estimate of drug-likeness (QED) is 0.316. The monoisotopic (exact) mass is 484 g/mol. The van der Waals surface area contributed by atoms with Crippen LogP contribution in [0.2, 0.25) is 0 Å². The van der Waals surface area contributed by atoms with Gasteiger partial charge < -0.3 is 18.8 Å². The molecule has 0 aromatic heterocycles. The van der Waals surface area contributed by atoms with E-state index in [1.807, 2.05) is 0 Å². The van der Waals surface area contributed by atoms with Crippen LogP contribution >= 0.6 is 0 Å². The van der Waals surface area contributed by atoms with Crippen LogP contribution in [0.3, 0.4) is 0 Å². The third kappa shape index (κ3) is 7.60. The highest BCUT2D eigenvalue weighted by molar-refractivity contribution is 7.86. The molecule has 0 amide bonds. The Morgan fingerprint density at radius 1 is 0.941 bits per heavy atom. The van der Waals surface area contributed by atoms with E-state index in [0.717, 1.165) is 17.4 Å². The zero-order valence-electron chi connectivity index (χ0n) is 19.1. The first kappa shape index (κ1) is 25.3. The van der Waals surface area contributed by atoms with Crippen molar-refractivity contribution >= 4 is 16.1 Å². The molecular formula is C26H28O7S. The molecule has 2 aromatic carbocycles. The van der Waals surface area contributed by atoms with E-state index in [2.05, 4.69) is 24.3 Å². The number of benzene rings is 3. The average Bonchev–Trinajstić information content (AvgIpc) is 2.77. The number of ether oxygens (including phenoxy) is 2. The summed E-state index contributed by atoms with van der Waals surface area (Å²) in [4.78, 5) is 11.2. The van der Waals surface area contributed by atoms with Gasteiger partial charge in [-0.15, -0.1) is 0 Å². The lowest BCUT2D eigenvalue weighted by molar-refractivity contribution is -0.149. The molecule has 2 aliphatic carbocycles. The molecule has 0 saturated heterocycles. The molecule has 0 heterocycles. The number of carboxylic acid groups (broad SMARTS) is 1. The molecule has 2 aliphatic rings. The van der Waals surface area contributed by atoms with E-state index >= 15 is 0 Å². The molecule has 2 aromatic rings. The summed E-state index contributed by atoms with van der Waals surface area (Å²) < 4.78 is 38.6. The van der Waals surface area contributed by atoms with Gasteiger partial charge >= 0.3 is 16.1 Å². The predicted molar refractivity (Wildman–Crippen MR) is 130 cm³/mol. The molecule has 7 nitrogen and oxygen atoms in total. The smallest absolute Gasteiger partial charge is 0.333 e. The minimum Gasteiger partial charge on any atom is -0.493 e. The maximum absolute atomic E-state index is 11.3. The molecule has 1 atom stereocenters. The number of hydrogen-bond donors (Lipinski definition) is 1. The van der Waals surface area contributed by atoms with E-state index in [1.54, 1.807) is 55.5 Å². The summed E-state index contributed by atoms with van der Waals surface area (Å²) in [6.07, 6.45) is 0.879. The first-order chi connectivity index (χ1) is 16.2. The third-order valence-electron chi connectivity index (χ3n) is 5.06. The van der Waals surface area contributed by atoms with Crippen molar-refractivity contribution in [2.75, 3.05) is 19.5 Å². The van der Waals surface area contributed by atoms with Crippen LogP contribution in [0.25, 0.3) is 11.1 Å². The molecule has 1 unspecified atom stereocenters. The highest BCUT2D eigenvalue weighted by atomic mass is 32.2. The average molecular weight is 485 g/mol. The van der Waals surface area contributed by atoms with Crippen LogP contribution in [-0.2, 0) is 32.5 Å². The molecular weight excluding hydrogens is 456 g/mol. The largest absolute Gasteiger partial charge is 0.493 e. The molecule has 0 saturated carbocycles. The Bertz CT molecular complexity index is 1170. The number of aliphatic carboxylic acids is 1. The normalized spacial score (nSPS) is 12.2. The zero-order valence-corrected chi connectivity index (χ0v) is 20.0. The Labute approximate surface area is 200 Å². The highest BCUT2D eigenvalue weighted by Gasteiger charge is 2.17. The van der Waals surface area contributed by atoms with E-state index in [0.29, 0.717) is 31.1 Å². The maximum atomic E-state index is 11.3. The molecule has 0 fully saturated rings. The summed E-state index contributed by atoms with van der Waals surface area (Å²) >= 11 is 0. The zero-order chi connectivity index (χ0) is 24.6. The molecule has 4 rings (SSSR count). The fourth-order valence-corrected chi connectivity index (χ4v) is 3.74. The SMILES string of the molecule is CCOC(Cc1ccc(OCCc2ccccc2OS(C)(=O)=O)cc1)C(=O)O.c1cc2ccc1-2. The van der Waals surface area contributed by atoms with Crippen LogP contribution in [0.4, 0.5) is 0 Å².